The molecule has 0 fully saturated rings. The summed E-state index contributed by atoms with van der Waals surface area (Å²) in [7, 11) is 2.10. The van der Waals surface area contributed by atoms with Gasteiger partial charge in [0.05, 0.1) is 17.3 Å². The number of anilines is 1. The normalized spacial score (nSPS) is 15.1. The second-order valence-corrected chi connectivity index (χ2v) is 8.68. The predicted octanol–water partition coefficient (Wildman–Crippen LogP) is 5.25. The molecule has 0 unspecified atom stereocenters. The molecule has 1 heterocycles. The summed E-state index contributed by atoms with van der Waals surface area (Å²) >= 11 is 0. The molecule has 5 nitrogen and oxygen atoms in total. The minimum atomic E-state index is -0.451. The predicted molar refractivity (Wildman–Crippen MR) is 128 cm³/mol. The maximum absolute atomic E-state index is 12.6. The van der Waals surface area contributed by atoms with Crippen LogP contribution in [0.4, 0.5) is 5.69 Å². The highest BCUT2D eigenvalue weighted by Gasteiger charge is 2.28. The molecule has 0 saturated carbocycles. The topological polar surface area (TPSA) is 64.9 Å². The Hall–Kier alpha value is -3.60. The molecule has 3 aromatic rings. The van der Waals surface area contributed by atoms with Crippen LogP contribution in [0.5, 0.6) is 5.75 Å². The van der Waals surface area contributed by atoms with E-state index in [9.17, 15) is 9.90 Å². The summed E-state index contributed by atoms with van der Waals surface area (Å²) in [6, 6.07) is 15.1. The van der Waals surface area contributed by atoms with Gasteiger partial charge >= 0.3 is 0 Å². The molecule has 3 aromatic carbocycles. The number of amides is 1. The highest BCUT2D eigenvalue weighted by Crippen LogP contribution is 2.39. The first kappa shape index (κ1) is 20.7. The molecular weight excluding hydrogens is 386 g/mol. The summed E-state index contributed by atoms with van der Waals surface area (Å²) in [5, 5.41) is 16.2. The smallest absolute Gasteiger partial charge is 0.275 e. The van der Waals surface area contributed by atoms with Crippen LogP contribution in [0.1, 0.15) is 47.8 Å². The van der Waals surface area contributed by atoms with Crippen molar-refractivity contribution in [3.05, 3.63) is 76.9 Å². The van der Waals surface area contributed by atoms with Gasteiger partial charge in [-0.3, -0.25) is 4.79 Å². The molecule has 31 heavy (non-hydrogen) atoms. The molecule has 0 bridgehead atoms. The van der Waals surface area contributed by atoms with Crippen LogP contribution in [-0.4, -0.2) is 29.8 Å². The second-order valence-electron chi connectivity index (χ2n) is 8.68. The minimum Gasteiger partial charge on any atom is -0.507 e. The number of carbonyl (C=O) groups excluding carboxylic acids is 1. The van der Waals surface area contributed by atoms with Crippen molar-refractivity contribution in [2.45, 2.75) is 33.2 Å². The molecular formula is C26H27N3O2. The van der Waals surface area contributed by atoms with Crippen molar-refractivity contribution < 1.29 is 9.90 Å². The molecule has 2 N–H and O–H groups in total. The van der Waals surface area contributed by atoms with E-state index in [4.69, 9.17) is 0 Å². The van der Waals surface area contributed by atoms with Gasteiger partial charge in [-0.25, -0.2) is 5.43 Å². The number of nitrogens with one attached hydrogen (secondary N) is 1. The number of hydrogen-bond donors (Lipinski definition) is 2. The van der Waals surface area contributed by atoms with Crippen molar-refractivity contribution in [1.82, 2.24) is 5.43 Å². The molecule has 1 amide bonds. The van der Waals surface area contributed by atoms with Crippen LogP contribution in [0.25, 0.3) is 16.3 Å². The van der Waals surface area contributed by atoms with E-state index in [1.807, 2.05) is 31.2 Å². The van der Waals surface area contributed by atoms with Crippen LogP contribution in [0.2, 0.25) is 0 Å². The van der Waals surface area contributed by atoms with Gasteiger partial charge in [0, 0.05) is 18.3 Å². The van der Waals surface area contributed by atoms with Gasteiger partial charge < -0.3 is 10.0 Å². The van der Waals surface area contributed by atoms with Crippen LogP contribution >= 0.6 is 0 Å². The lowest BCUT2D eigenvalue weighted by molar-refractivity contribution is 0.0952. The van der Waals surface area contributed by atoms with Crippen LogP contribution in [0.3, 0.4) is 0 Å². The highest BCUT2D eigenvalue weighted by molar-refractivity contribution is 6.02. The first-order chi connectivity index (χ1) is 14.7. The Morgan fingerprint density at radius 2 is 1.77 bits per heavy atom. The minimum absolute atomic E-state index is 0.0467. The first-order valence-corrected chi connectivity index (χ1v) is 10.3. The van der Waals surface area contributed by atoms with Crippen molar-refractivity contribution in [2.24, 2.45) is 5.10 Å². The van der Waals surface area contributed by atoms with E-state index in [1.54, 1.807) is 18.3 Å². The molecule has 1 aliphatic heterocycles. The molecule has 0 radical (unpaired) electrons. The Balaban J connectivity index is 1.58. The fourth-order valence-corrected chi connectivity index (χ4v) is 4.09. The van der Waals surface area contributed by atoms with E-state index in [0.29, 0.717) is 0 Å². The number of phenolic OH excluding ortho intramolecular Hbond substituents is 1. The lowest BCUT2D eigenvalue weighted by Crippen LogP contribution is -2.42. The van der Waals surface area contributed by atoms with E-state index in [0.717, 1.165) is 27.5 Å². The van der Waals surface area contributed by atoms with E-state index in [2.05, 4.69) is 61.5 Å². The zero-order valence-electron chi connectivity index (χ0n) is 18.5. The van der Waals surface area contributed by atoms with Crippen molar-refractivity contribution in [3.8, 4) is 5.75 Å². The van der Waals surface area contributed by atoms with E-state index < -0.39 is 5.91 Å². The average molecular weight is 414 g/mol. The zero-order valence-corrected chi connectivity index (χ0v) is 18.5. The third-order valence-corrected chi connectivity index (χ3v) is 6.08. The molecule has 0 aromatic heterocycles. The quantitative estimate of drug-likeness (QED) is 0.455. The summed E-state index contributed by atoms with van der Waals surface area (Å²) in [5.41, 5.74) is 8.26. The van der Waals surface area contributed by atoms with Crippen LogP contribution in [0.15, 0.2) is 59.7 Å². The summed E-state index contributed by atoms with van der Waals surface area (Å²) in [6.07, 6.45) is 3.91. The Morgan fingerprint density at radius 1 is 1.10 bits per heavy atom. The maximum atomic E-state index is 12.6. The lowest BCUT2D eigenvalue weighted by Gasteiger charge is -2.41. The van der Waals surface area contributed by atoms with E-state index in [-0.39, 0.29) is 16.9 Å². The van der Waals surface area contributed by atoms with Gasteiger partial charge in [0.2, 0.25) is 0 Å². The maximum Gasteiger partial charge on any atom is 0.275 e. The number of allylic oxidation sites excluding steroid dienone is 1. The molecule has 5 heteroatoms. The summed E-state index contributed by atoms with van der Waals surface area (Å²) in [6.45, 7) is 8.55. The van der Waals surface area contributed by atoms with Gasteiger partial charge in [0.1, 0.15) is 5.75 Å². The van der Waals surface area contributed by atoms with Crippen molar-refractivity contribution in [3.63, 3.8) is 0 Å². The van der Waals surface area contributed by atoms with Gasteiger partial charge in [-0.15, -0.1) is 0 Å². The number of phenols is 1. The molecule has 4 rings (SSSR count). The van der Waals surface area contributed by atoms with Gasteiger partial charge in [0.15, 0.2) is 0 Å². The molecule has 158 valence electrons. The zero-order chi connectivity index (χ0) is 22.3. The van der Waals surface area contributed by atoms with Gasteiger partial charge in [-0.1, -0.05) is 30.3 Å². The van der Waals surface area contributed by atoms with Crippen molar-refractivity contribution in [2.75, 3.05) is 11.9 Å². The number of carbonyl (C=O) groups is 1. The van der Waals surface area contributed by atoms with Crippen LogP contribution in [0, 0.1) is 6.92 Å². The number of nitrogens with zero attached hydrogens (tertiary/aromatic N) is 2. The molecule has 0 aliphatic carbocycles. The highest BCUT2D eigenvalue weighted by atomic mass is 16.3. The fraction of sp³-hybridized carbons (Fsp3) is 0.231. The second kappa shape index (κ2) is 7.58. The van der Waals surface area contributed by atoms with Crippen LogP contribution < -0.4 is 10.3 Å². The van der Waals surface area contributed by atoms with E-state index >= 15 is 0 Å². The number of rotatable bonds is 3. The number of aryl methyl sites for hydroxylation is 1. The Morgan fingerprint density at radius 3 is 2.48 bits per heavy atom. The van der Waals surface area contributed by atoms with Crippen molar-refractivity contribution >= 4 is 34.2 Å². The number of likely N-dealkylation sites (N-methyl/N-ethyl adjacent to an activating group) is 1. The van der Waals surface area contributed by atoms with E-state index in [1.165, 1.54) is 11.3 Å². The molecule has 1 aliphatic rings. The molecule has 0 atom stereocenters. The summed E-state index contributed by atoms with van der Waals surface area (Å²) in [4.78, 5) is 14.9. The Bertz CT molecular complexity index is 1250. The third kappa shape index (κ3) is 3.79. The summed E-state index contributed by atoms with van der Waals surface area (Å²) in [5.74, 6) is -0.518. The number of hydrogen-bond acceptors (Lipinski definition) is 4. The Kier molecular flexibility index (Phi) is 5.05. The summed E-state index contributed by atoms with van der Waals surface area (Å²) < 4.78 is 0. The lowest BCUT2D eigenvalue weighted by atomic mass is 9.87. The van der Waals surface area contributed by atoms with Gasteiger partial charge in [-0.2, -0.15) is 5.10 Å². The Labute approximate surface area is 182 Å². The van der Waals surface area contributed by atoms with Crippen LogP contribution in [-0.2, 0) is 0 Å². The van der Waals surface area contributed by atoms with Gasteiger partial charge in [-0.05, 0) is 79.4 Å². The fourth-order valence-electron chi connectivity index (χ4n) is 4.09. The molecule has 0 spiro atoms. The largest absolute Gasteiger partial charge is 0.507 e. The number of benzene rings is 3. The van der Waals surface area contributed by atoms with Crippen molar-refractivity contribution in [1.29, 1.82) is 0 Å². The first-order valence-electron chi connectivity index (χ1n) is 10.3. The van der Waals surface area contributed by atoms with Gasteiger partial charge in [0.25, 0.3) is 5.91 Å². The number of fused-ring (bicyclic) bond motifs is 2. The monoisotopic (exact) mass is 413 g/mol. The molecule has 0 saturated heterocycles. The standard InChI is InChI=1S/C26H27N3O2/c1-16-10-23-21(17(2)14-26(3,4)29(23)5)12-20(16)15-27-28-25(31)22-11-18-8-6-7-9-19(18)13-24(22)30/h6-15,30H,1-5H3,(H,28,31)/b27-15-. The number of hydrazone groups is 1. The third-order valence-electron chi connectivity index (χ3n) is 6.08. The average Bonchev–Trinajstić information content (AvgIpc) is 2.72. The SMILES string of the molecule is CC1=CC(C)(C)N(C)c2cc(C)c(/C=N\NC(=O)c3cc4ccccc4cc3O)cc21. The number of aromatic hydroxyl groups is 1.